The number of rotatable bonds is 9. The van der Waals surface area contributed by atoms with Crippen LogP contribution in [0.2, 0.25) is 0 Å². The van der Waals surface area contributed by atoms with Crippen LogP contribution >= 0.6 is 0 Å². The molecule has 0 aliphatic heterocycles. The van der Waals surface area contributed by atoms with E-state index in [9.17, 15) is 0 Å². The van der Waals surface area contributed by atoms with E-state index >= 15 is 0 Å². The largest absolute Gasteiger partial charge is 0.377 e. The minimum Gasteiger partial charge on any atom is -0.377 e. The fraction of sp³-hybridized carbons (Fsp3) is 0.500. The molecule has 26 heavy (non-hydrogen) atoms. The van der Waals surface area contributed by atoms with Crippen LogP contribution in [-0.2, 0) is 24.4 Å². The third-order valence-electron chi connectivity index (χ3n) is 4.12. The van der Waals surface area contributed by atoms with Crippen LogP contribution in [0.25, 0.3) is 0 Å². The normalized spacial score (nSPS) is 11.6. The van der Waals surface area contributed by atoms with Gasteiger partial charge < -0.3 is 15.4 Å². The van der Waals surface area contributed by atoms with Gasteiger partial charge >= 0.3 is 0 Å². The molecule has 2 N–H and O–H groups in total. The number of nitrogens with zero attached hydrogens (tertiary/aromatic N) is 3. The van der Waals surface area contributed by atoms with Gasteiger partial charge in [-0.15, -0.1) is 0 Å². The average molecular weight is 358 g/mol. The molecule has 0 atom stereocenters. The lowest BCUT2D eigenvalue weighted by Gasteiger charge is -2.12. The van der Waals surface area contributed by atoms with E-state index in [2.05, 4.69) is 62.7 Å². The second-order valence-electron chi connectivity index (χ2n) is 6.31. The van der Waals surface area contributed by atoms with Crippen molar-refractivity contribution in [2.75, 3.05) is 20.2 Å². The monoisotopic (exact) mass is 357 g/mol. The Hall–Kier alpha value is -2.34. The molecule has 6 nitrogen and oxygen atoms in total. The van der Waals surface area contributed by atoms with E-state index in [-0.39, 0.29) is 0 Å². The summed E-state index contributed by atoms with van der Waals surface area (Å²) < 4.78 is 7.47. The second-order valence-corrected chi connectivity index (χ2v) is 6.31. The molecule has 0 saturated carbocycles. The summed E-state index contributed by atoms with van der Waals surface area (Å²) in [4.78, 5) is 4.28. The van der Waals surface area contributed by atoms with E-state index in [0.29, 0.717) is 6.61 Å². The van der Waals surface area contributed by atoms with Crippen molar-refractivity contribution in [1.82, 2.24) is 20.4 Å². The number of nitrogens with one attached hydrogen (secondary N) is 2. The van der Waals surface area contributed by atoms with Crippen LogP contribution in [0.3, 0.4) is 0 Å². The molecule has 1 heterocycles. The number of ether oxygens (including phenoxy) is 1. The van der Waals surface area contributed by atoms with Gasteiger partial charge in [0.2, 0.25) is 0 Å². The number of hydrogen-bond acceptors (Lipinski definition) is 3. The summed E-state index contributed by atoms with van der Waals surface area (Å²) in [5.41, 5.74) is 4.69. The van der Waals surface area contributed by atoms with Crippen molar-refractivity contribution in [2.24, 2.45) is 4.99 Å². The van der Waals surface area contributed by atoms with Gasteiger partial charge in [-0.25, -0.2) is 0 Å². The summed E-state index contributed by atoms with van der Waals surface area (Å²) in [6.45, 7) is 10.0. The van der Waals surface area contributed by atoms with Gasteiger partial charge in [-0.3, -0.25) is 9.67 Å². The standard InChI is InChI=1S/C20H31N5O/c1-5-26-15-19-9-7-18(8-10-19)14-23-20(21-4)22-11-6-12-25-17(3)13-16(2)24-25/h7-10,13H,5-6,11-12,14-15H2,1-4H3,(H2,21,22,23). The Bertz CT molecular complexity index is 691. The first-order chi connectivity index (χ1) is 12.6. The van der Waals surface area contributed by atoms with Crippen molar-refractivity contribution < 1.29 is 4.74 Å². The highest BCUT2D eigenvalue weighted by Crippen LogP contribution is 2.06. The lowest BCUT2D eigenvalue weighted by molar-refractivity contribution is 0.134. The maximum atomic E-state index is 5.42. The summed E-state index contributed by atoms with van der Waals surface area (Å²) in [5, 5.41) is 11.2. The Labute approximate surface area is 156 Å². The third kappa shape index (κ3) is 6.52. The number of hydrogen-bond donors (Lipinski definition) is 2. The molecule has 1 aromatic carbocycles. The van der Waals surface area contributed by atoms with Gasteiger partial charge in [0.25, 0.3) is 0 Å². The molecule has 6 heteroatoms. The Morgan fingerprint density at radius 3 is 2.50 bits per heavy atom. The maximum absolute atomic E-state index is 5.42. The number of benzene rings is 1. The van der Waals surface area contributed by atoms with Crippen molar-refractivity contribution in [3.8, 4) is 0 Å². The minimum atomic E-state index is 0.669. The van der Waals surface area contributed by atoms with Crippen molar-refractivity contribution in [2.45, 2.75) is 46.9 Å². The second kappa shape index (κ2) is 10.6. The topological polar surface area (TPSA) is 63.5 Å². The average Bonchev–Trinajstić information content (AvgIpc) is 2.97. The third-order valence-corrected chi connectivity index (χ3v) is 4.12. The molecule has 0 bridgehead atoms. The van der Waals surface area contributed by atoms with Gasteiger partial charge in [-0.05, 0) is 44.4 Å². The minimum absolute atomic E-state index is 0.669. The number of aryl methyl sites for hydroxylation is 3. The molecule has 0 fully saturated rings. The fourth-order valence-corrected chi connectivity index (χ4v) is 2.72. The van der Waals surface area contributed by atoms with Gasteiger partial charge in [0, 0.05) is 39.0 Å². The smallest absolute Gasteiger partial charge is 0.191 e. The first-order valence-corrected chi connectivity index (χ1v) is 9.23. The maximum Gasteiger partial charge on any atom is 0.191 e. The molecule has 2 rings (SSSR count). The quantitative estimate of drug-likeness (QED) is 0.411. The van der Waals surface area contributed by atoms with Crippen LogP contribution < -0.4 is 10.6 Å². The zero-order chi connectivity index (χ0) is 18.8. The highest BCUT2D eigenvalue weighted by molar-refractivity contribution is 5.79. The number of aromatic nitrogens is 2. The van der Waals surface area contributed by atoms with Crippen LogP contribution in [-0.4, -0.2) is 35.9 Å². The first-order valence-electron chi connectivity index (χ1n) is 9.23. The zero-order valence-electron chi connectivity index (χ0n) is 16.4. The van der Waals surface area contributed by atoms with E-state index in [4.69, 9.17) is 4.74 Å². The van der Waals surface area contributed by atoms with Gasteiger partial charge in [-0.1, -0.05) is 24.3 Å². The molecule has 1 aromatic heterocycles. The van der Waals surface area contributed by atoms with Crippen LogP contribution in [0.4, 0.5) is 0 Å². The van der Waals surface area contributed by atoms with Crippen molar-refractivity contribution in [3.05, 3.63) is 52.8 Å². The molecule has 0 radical (unpaired) electrons. The van der Waals surface area contributed by atoms with Crippen LogP contribution in [0.5, 0.6) is 0 Å². The van der Waals surface area contributed by atoms with Gasteiger partial charge in [0.1, 0.15) is 0 Å². The molecule has 0 aliphatic rings. The number of aliphatic imine (C=N–C) groups is 1. The Kier molecular flexibility index (Phi) is 8.15. The van der Waals surface area contributed by atoms with Gasteiger partial charge in [-0.2, -0.15) is 5.10 Å². The highest BCUT2D eigenvalue weighted by atomic mass is 16.5. The van der Waals surface area contributed by atoms with Crippen LogP contribution in [0.1, 0.15) is 35.9 Å². The Morgan fingerprint density at radius 1 is 1.15 bits per heavy atom. The van der Waals surface area contributed by atoms with Crippen molar-refractivity contribution in [1.29, 1.82) is 0 Å². The lowest BCUT2D eigenvalue weighted by Crippen LogP contribution is -2.37. The van der Waals surface area contributed by atoms with Crippen LogP contribution in [0, 0.1) is 13.8 Å². The molecule has 2 aromatic rings. The fourth-order valence-electron chi connectivity index (χ4n) is 2.72. The van der Waals surface area contributed by atoms with E-state index in [1.165, 1.54) is 16.8 Å². The molecule has 0 amide bonds. The lowest BCUT2D eigenvalue weighted by atomic mass is 10.1. The van der Waals surface area contributed by atoms with Crippen LogP contribution in [0.15, 0.2) is 35.3 Å². The first kappa shape index (κ1) is 20.0. The summed E-state index contributed by atoms with van der Waals surface area (Å²) in [6.07, 6.45) is 0.995. The summed E-state index contributed by atoms with van der Waals surface area (Å²) in [6, 6.07) is 10.6. The number of guanidine groups is 1. The van der Waals surface area contributed by atoms with Gasteiger partial charge in [0.05, 0.1) is 12.3 Å². The summed E-state index contributed by atoms with van der Waals surface area (Å²) in [7, 11) is 1.79. The van der Waals surface area contributed by atoms with E-state index in [0.717, 1.165) is 44.3 Å². The van der Waals surface area contributed by atoms with E-state index < -0.39 is 0 Å². The zero-order valence-corrected chi connectivity index (χ0v) is 16.4. The molecule has 0 unspecified atom stereocenters. The SMILES string of the molecule is CCOCc1ccc(CNC(=NC)NCCCn2nc(C)cc2C)cc1. The molecule has 0 aliphatic carbocycles. The van der Waals surface area contributed by atoms with Crippen molar-refractivity contribution >= 4 is 5.96 Å². The molecule has 142 valence electrons. The molecule has 0 saturated heterocycles. The molecular formula is C20H31N5O. The highest BCUT2D eigenvalue weighted by Gasteiger charge is 2.02. The van der Waals surface area contributed by atoms with E-state index in [1.54, 1.807) is 7.05 Å². The summed E-state index contributed by atoms with van der Waals surface area (Å²) in [5.74, 6) is 0.816. The van der Waals surface area contributed by atoms with Crippen molar-refractivity contribution in [3.63, 3.8) is 0 Å². The summed E-state index contributed by atoms with van der Waals surface area (Å²) >= 11 is 0. The predicted molar refractivity (Wildman–Crippen MR) is 106 cm³/mol. The van der Waals surface area contributed by atoms with Gasteiger partial charge in [0.15, 0.2) is 5.96 Å². The Balaban J connectivity index is 1.69. The molecule has 0 spiro atoms. The van der Waals surface area contributed by atoms with E-state index in [1.807, 2.05) is 13.8 Å². The Morgan fingerprint density at radius 2 is 1.88 bits per heavy atom. The predicted octanol–water partition coefficient (Wildman–Crippen LogP) is 2.79. The molecular weight excluding hydrogens is 326 g/mol.